The summed E-state index contributed by atoms with van der Waals surface area (Å²) in [5.41, 5.74) is 4.63. The summed E-state index contributed by atoms with van der Waals surface area (Å²) in [4.78, 5) is 27.3. The van der Waals surface area contributed by atoms with Crippen molar-refractivity contribution >= 4 is 23.3 Å². The maximum absolute atomic E-state index is 12.6. The summed E-state index contributed by atoms with van der Waals surface area (Å²) < 4.78 is 7.06. The molecule has 1 N–H and O–H groups in total. The molecule has 1 aliphatic rings. The van der Waals surface area contributed by atoms with Gasteiger partial charge in [0.1, 0.15) is 5.56 Å². The maximum Gasteiger partial charge on any atom is 0.342 e. The monoisotopic (exact) mass is 432 g/mol. The number of nitrogens with one attached hydrogen (secondary N) is 1. The van der Waals surface area contributed by atoms with Crippen LogP contribution >= 0.6 is 0 Å². The molecule has 4 rings (SSSR count). The Kier molecular flexibility index (Phi) is 6.54. The summed E-state index contributed by atoms with van der Waals surface area (Å²) in [6, 6.07) is 17.7. The molecule has 1 fully saturated rings. The van der Waals surface area contributed by atoms with Gasteiger partial charge in [0, 0.05) is 24.5 Å². The molecule has 0 bridgehead atoms. The fourth-order valence-corrected chi connectivity index (χ4v) is 4.03. The average molecular weight is 433 g/mol. The summed E-state index contributed by atoms with van der Waals surface area (Å²) in [6.07, 6.45) is 2.43. The van der Waals surface area contributed by atoms with E-state index in [4.69, 9.17) is 4.74 Å². The first kappa shape index (κ1) is 21.6. The lowest BCUT2D eigenvalue weighted by molar-refractivity contribution is -0.119. The predicted molar refractivity (Wildman–Crippen MR) is 124 cm³/mol. The lowest BCUT2D eigenvalue weighted by Crippen LogP contribution is -2.21. The van der Waals surface area contributed by atoms with Crippen molar-refractivity contribution in [1.29, 1.82) is 0 Å². The Morgan fingerprint density at radius 1 is 1.00 bits per heavy atom. The summed E-state index contributed by atoms with van der Waals surface area (Å²) in [7, 11) is 0. The summed E-state index contributed by atoms with van der Waals surface area (Å²) in [6.45, 7) is 5.96. The highest BCUT2D eigenvalue weighted by Crippen LogP contribution is 2.22. The molecule has 0 saturated carbocycles. The number of aromatic nitrogens is 2. The second-order valence-corrected chi connectivity index (χ2v) is 8.05. The van der Waals surface area contributed by atoms with Crippen molar-refractivity contribution in [3.63, 3.8) is 0 Å². The minimum absolute atomic E-state index is 0.352. The number of hydrogen-bond donors (Lipinski definition) is 1. The Hall–Kier alpha value is -3.61. The average Bonchev–Trinajstić information content (AvgIpc) is 3.42. The molecule has 0 atom stereocenters. The van der Waals surface area contributed by atoms with E-state index in [0.717, 1.165) is 24.3 Å². The van der Waals surface area contributed by atoms with Crippen LogP contribution in [-0.2, 0) is 16.1 Å². The number of esters is 1. The van der Waals surface area contributed by atoms with Crippen LogP contribution in [0.15, 0.2) is 54.6 Å². The first-order valence-electron chi connectivity index (χ1n) is 10.9. The van der Waals surface area contributed by atoms with Gasteiger partial charge in [-0.05, 0) is 56.5 Å². The topological polar surface area (TPSA) is 76.5 Å². The number of aryl methyl sites for hydroxylation is 1. The third-order valence-electron chi connectivity index (χ3n) is 5.72. The van der Waals surface area contributed by atoms with Crippen molar-refractivity contribution in [1.82, 2.24) is 9.78 Å². The van der Waals surface area contributed by atoms with E-state index in [1.807, 2.05) is 61.5 Å². The molecule has 1 saturated heterocycles. The van der Waals surface area contributed by atoms with Crippen molar-refractivity contribution in [3.8, 4) is 0 Å². The second kappa shape index (κ2) is 9.68. The molecule has 7 nitrogen and oxygen atoms in total. The van der Waals surface area contributed by atoms with Crippen molar-refractivity contribution in [3.05, 3.63) is 77.1 Å². The molecule has 32 heavy (non-hydrogen) atoms. The molecule has 0 aliphatic carbocycles. The molecule has 0 unspecified atom stereocenters. The summed E-state index contributed by atoms with van der Waals surface area (Å²) in [5, 5.41) is 7.25. The molecule has 1 amide bonds. The van der Waals surface area contributed by atoms with E-state index in [0.29, 0.717) is 29.2 Å². The number of amides is 1. The Bertz CT molecular complexity index is 1080. The quantitative estimate of drug-likeness (QED) is 0.572. The molecule has 0 radical (unpaired) electrons. The van der Waals surface area contributed by atoms with E-state index < -0.39 is 5.97 Å². The highest BCUT2D eigenvalue weighted by atomic mass is 16.5. The SMILES string of the molecule is Cc1nn(Cc2ccccc2)c(C)c1C(=O)OCC(=O)Nc1ccc(N2CCCC2)cc1. The molecule has 7 heteroatoms. The van der Waals surface area contributed by atoms with Gasteiger partial charge >= 0.3 is 5.97 Å². The number of hydrogen-bond acceptors (Lipinski definition) is 5. The maximum atomic E-state index is 12.6. The molecule has 0 spiro atoms. The van der Waals surface area contributed by atoms with Crippen molar-refractivity contribution in [2.24, 2.45) is 0 Å². The molecule has 3 aromatic rings. The fraction of sp³-hybridized carbons (Fsp3) is 0.320. The highest BCUT2D eigenvalue weighted by Gasteiger charge is 2.21. The summed E-state index contributed by atoms with van der Waals surface area (Å²) in [5.74, 6) is -0.918. The van der Waals surface area contributed by atoms with Gasteiger partial charge in [-0.2, -0.15) is 5.10 Å². The summed E-state index contributed by atoms with van der Waals surface area (Å²) >= 11 is 0. The number of carbonyl (C=O) groups excluding carboxylic acids is 2. The van der Waals surface area contributed by atoms with Crippen LogP contribution < -0.4 is 10.2 Å². The van der Waals surface area contributed by atoms with Crippen LogP contribution in [0.25, 0.3) is 0 Å². The van der Waals surface area contributed by atoms with Gasteiger partial charge in [0.05, 0.1) is 17.9 Å². The van der Waals surface area contributed by atoms with Gasteiger partial charge in [0.2, 0.25) is 0 Å². The predicted octanol–water partition coefficient (Wildman–Crippen LogP) is 3.94. The van der Waals surface area contributed by atoms with Crippen molar-refractivity contribution < 1.29 is 14.3 Å². The molecule has 166 valence electrons. The van der Waals surface area contributed by atoms with Crippen molar-refractivity contribution in [2.75, 3.05) is 29.9 Å². The zero-order valence-corrected chi connectivity index (χ0v) is 18.5. The van der Waals surface area contributed by atoms with Gasteiger partial charge in [-0.1, -0.05) is 30.3 Å². The van der Waals surface area contributed by atoms with Crippen molar-refractivity contribution in [2.45, 2.75) is 33.2 Å². The van der Waals surface area contributed by atoms with E-state index in [2.05, 4.69) is 15.3 Å². The van der Waals surface area contributed by atoms with Gasteiger partial charge in [-0.25, -0.2) is 4.79 Å². The third kappa shape index (κ3) is 4.99. The number of anilines is 2. The van der Waals surface area contributed by atoms with E-state index in [-0.39, 0.29) is 12.5 Å². The molecular weight excluding hydrogens is 404 g/mol. The van der Waals surface area contributed by atoms with Crippen LogP contribution in [0.4, 0.5) is 11.4 Å². The molecule has 2 heterocycles. The van der Waals surface area contributed by atoms with Crippen LogP contribution in [-0.4, -0.2) is 41.4 Å². The van der Waals surface area contributed by atoms with Gasteiger partial charge in [-0.3, -0.25) is 9.48 Å². The van der Waals surface area contributed by atoms with Gasteiger partial charge in [0.25, 0.3) is 5.91 Å². The zero-order valence-electron chi connectivity index (χ0n) is 18.5. The van der Waals surface area contributed by atoms with Gasteiger partial charge in [-0.15, -0.1) is 0 Å². The minimum atomic E-state index is -0.543. The molecular formula is C25H28N4O3. The Balaban J connectivity index is 1.32. The van der Waals surface area contributed by atoms with E-state index >= 15 is 0 Å². The Labute approximate surface area is 188 Å². The number of carbonyl (C=O) groups is 2. The molecule has 2 aromatic carbocycles. The van der Waals surface area contributed by atoms with Crippen LogP contribution in [0.3, 0.4) is 0 Å². The lowest BCUT2D eigenvalue weighted by Gasteiger charge is -2.17. The van der Waals surface area contributed by atoms with Crippen LogP contribution in [0.5, 0.6) is 0 Å². The number of nitrogens with zero attached hydrogens (tertiary/aromatic N) is 3. The first-order valence-corrected chi connectivity index (χ1v) is 10.9. The smallest absolute Gasteiger partial charge is 0.342 e. The van der Waals surface area contributed by atoms with E-state index in [1.54, 1.807) is 11.6 Å². The molecule has 1 aromatic heterocycles. The zero-order chi connectivity index (χ0) is 22.5. The van der Waals surface area contributed by atoms with Gasteiger partial charge in [0.15, 0.2) is 6.61 Å². The largest absolute Gasteiger partial charge is 0.452 e. The van der Waals surface area contributed by atoms with E-state index in [9.17, 15) is 9.59 Å². The van der Waals surface area contributed by atoms with Crippen LogP contribution in [0, 0.1) is 13.8 Å². The van der Waals surface area contributed by atoms with E-state index in [1.165, 1.54) is 12.8 Å². The number of rotatable bonds is 7. The second-order valence-electron chi connectivity index (χ2n) is 8.05. The third-order valence-corrected chi connectivity index (χ3v) is 5.72. The normalized spacial score (nSPS) is 13.2. The molecule has 1 aliphatic heterocycles. The number of benzene rings is 2. The highest BCUT2D eigenvalue weighted by molar-refractivity contribution is 5.96. The van der Waals surface area contributed by atoms with Gasteiger partial charge < -0.3 is 15.0 Å². The van der Waals surface area contributed by atoms with Crippen LogP contribution in [0.1, 0.15) is 40.2 Å². The van der Waals surface area contributed by atoms with Crippen LogP contribution in [0.2, 0.25) is 0 Å². The lowest BCUT2D eigenvalue weighted by atomic mass is 10.2. The Morgan fingerprint density at radius 2 is 1.69 bits per heavy atom. The first-order chi connectivity index (χ1) is 15.5. The minimum Gasteiger partial charge on any atom is -0.452 e. The fourth-order valence-electron chi connectivity index (χ4n) is 4.03. The Morgan fingerprint density at radius 3 is 2.38 bits per heavy atom. The number of ether oxygens (including phenoxy) is 1. The standard InChI is InChI=1S/C25H28N4O3/c1-18-24(19(2)29(27-18)16-20-8-4-3-5-9-20)25(31)32-17-23(30)26-21-10-12-22(13-11-21)28-14-6-7-15-28/h3-5,8-13H,6-7,14-17H2,1-2H3,(H,26,30).